The highest BCUT2D eigenvalue weighted by atomic mass is 35.5. The summed E-state index contributed by atoms with van der Waals surface area (Å²) < 4.78 is 7.09. The van der Waals surface area contributed by atoms with Gasteiger partial charge in [-0.05, 0) is 61.7 Å². The summed E-state index contributed by atoms with van der Waals surface area (Å²) in [4.78, 5) is 12.7. The Kier molecular flexibility index (Phi) is 4.62. The molecule has 2 aromatic carbocycles. The topological polar surface area (TPSA) is 56.1 Å². The third-order valence-electron chi connectivity index (χ3n) is 4.92. The van der Waals surface area contributed by atoms with Gasteiger partial charge >= 0.3 is 0 Å². The Bertz CT molecular complexity index is 1010. The van der Waals surface area contributed by atoms with Crippen molar-refractivity contribution in [1.82, 2.24) is 9.78 Å². The number of benzene rings is 2. The fourth-order valence-electron chi connectivity index (χ4n) is 3.41. The third-order valence-corrected chi connectivity index (χ3v) is 5.32. The number of carbonyl (C=O) groups excluding carboxylic acids is 1. The van der Waals surface area contributed by atoms with E-state index in [2.05, 4.69) is 5.32 Å². The van der Waals surface area contributed by atoms with Gasteiger partial charge in [-0.3, -0.25) is 4.79 Å². The van der Waals surface area contributed by atoms with Crippen LogP contribution in [-0.2, 0) is 6.42 Å². The zero-order chi connectivity index (χ0) is 19.0. The highest BCUT2D eigenvalue weighted by molar-refractivity contribution is 6.31. The summed E-state index contributed by atoms with van der Waals surface area (Å²) in [5.41, 5.74) is 4.30. The first-order chi connectivity index (χ1) is 13.1. The second-order valence-corrected chi connectivity index (χ2v) is 7.00. The van der Waals surface area contributed by atoms with Crippen molar-refractivity contribution < 1.29 is 9.53 Å². The van der Waals surface area contributed by atoms with Crippen molar-refractivity contribution in [2.24, 2.45) is 0 Å². The number of ketones is 1. The zero-order valence-corrected chi connectivity index (χ0v) is 16.0. The van der Waals surface area contributed by atoms with E-state index in [9.17, 15) is 4.79 Å². The van der Waals surface area contributed by atoms with Crippen molar-refractivity contribution in [3.8, 4) is 11.4 Å². The van der Waals surface area contributed by atoms with Gasteiger partial charge in [-0.15, -0.1) is 5.10 Å². The van der Waals surface area contributed by atoms with Crippen LogP contribution in [0.15, 0.2) is 42.5 Å². The van der Waals surface area contributed by atoms with Crippen LogP contribution < -0.4 is 10.1 Å². The van der Waals surface area contributed by atoms with Gasteiger partial charge in [0.25, 0.3) is 0 Å². The molecule has 1 aliphatic carbocycles. The van der Waals surface area contributed by atoms with E-state index >= 15 is 0 Å². The number of ether oxygens (including phenoxy) is 1. The molecule has 0 unspecified atom stereocenters. The SMILES string of the molecule is COc1ccc(-n2nc(Nc3cccc(Cl)c3C)c3c2CCCC3=O)cc1. The Balaban J connectivity index is 1.81. The maximum absolute atomic E-state index is 12.7. The number of aromatic nitrogens is 2. The van der Waals surface area contributed by atoms with Crippen LogP contribution in [0.3, 0.4) is 0 Å². The lowest BCUT2D eigenvalue weighted by molar-refractivity contribution is 0.0973. The van der Waals surface area contributed by atoms with Crippen LogP contribution in [-0.4, -0.2) is 22.7 Å². The van der Waals surface area contributed by atoms with Crippen molar-refractivity contribution in [3.63, 3.8) is 0 Å². The number of hydrogen-bond donors (Lipinski definition) is 1. The lowest BCUT2D eigenvalue weighted by Crippen LogP contribution is -2.13. The number of carbonyl (C=O) groups is 1. The van der Waals surface area contributed by atoms with Gasteiger partial charge < -0.3 is 10.1 Å². The number of nitrogens with one attached hydrogen (secondary N) is 1. The lowest BCUT2D eigenvalue weighted by Gasteiger charge is -2.14. The van der Waals surface area contributed by atoms with Crippen LogP contribution in [0, 0.1) is 6.92 Å². The van der Waals surface area contributed by atoms with E-state index in [1.807, 2.05) is 54.1 Å². The average Bonchev–Trinajstić information content (AvgIpc) is 3.05. The number of fused-ring (bicyclic) bond motifs is 1. The van der Waals surface area contributed by atoms with Gasteiger partial charge in [0.05, 0.1) is 24.1 Å². The molecule has 3 aromatic rings. The van der Waals surface area contributed by atoms with Gasteiger partial charge in [-0.25, -0.2) is 4.68 Å². The molecule has 1 aliphatic rings. The molecule has 0 saturated heterocycles. The van der Waals surface area contributed by atoms with Crippen molar-refractivity contribution in [1.29, 1.82) is 0 Å². The Morgan fingerprint density at radius 3 is 2.67 bits per heavy atom. The quantitative estimate of drug-likeness (QED) is 0.682. The molecule has 6 heteroatoms. The molecule has 1 N–H and O–H groups in total. The Labute approximate surface area is 162 Å². The maximum atomic E-state index is 12.7. The number of halogens is 1. The molecule has 0 spiro atoms. The van der Waals surface area contributed by atoms with Gasteiger partial charge in [0, 0.05) is 17.1 Å². The van der Waals surface area contributed by atoms with E-state index in [0.29, 0.717) is 22.8 Å². The van der Waals surface area contributed by atoms with E-state index in [0.717, 1.165) is 41.2 Å². The first kappa shape index (κ1) is 17.6. The number of Topliss-reactive ketones (excluding diaryl/α,β-unsaturated/α-hetero) is 1. The first-order valence-corrected chi connectivity index (χ1v) is 9.28. The number of methoxy groups -OCH3 is 1. The minimum Gasteiger partial charge on any atom is -0.497 e. The fraction of sp³-hybridized carbons (Fsp3) is 0.238. The van der Waals surface area contributed by atoms with Gasteiger partial charge in [0.15, 0.2) is 11.6 Å². The highest BCUT2D eigenvalue weighted by Gasteiger charge is 2.28. The summed E-state index contributed by atoms with van der Waals surface area (Å²) in [7, 11) is 1.64. The molecule has 0 amide bonds. The Morgan fingerprint density at radius 2 is 1.93 bits per heavy atom. The summed E-state index contributed by atoms with van der Waals surface area (Å²) in [6.07, 6.45) is 2.20. The number of nitrogens with zero attached hydrogens (tertiary/aromatic N) is 2. The van der Waals surface area contributed by atoms with Crippen LogP contribution in [0.25, 0.3) is 5.69 Å². The molecule has 5 nitrogen and oxygen atoms in total. The van der Waals surface area contributed by atoms with Crippen molar-refractivity contribution in [2.75, 3.05) is 12.4 Å². The predicted octanol–water partition coefficient (Wildman–Crippen LogP) is 5.11. The van der Waals surface area contributed by atoms with Crippen molar-refractivity contribution in [3.05, 3.63) is 64.3 Å². The summed E-state index contributed by atoms with van der Waals surface area (Å²) in [5.74, 6) is 1.48. The molecule has 0 radical (unpaired) electrons. The molecule has 0 fully saturated rings. The normalized spacial score (nSPS) is 13.4. The molecule has 0 bridgehead atoms. The number of hydrogen-bond acceptors (Lipinski definition) is 4. The molecule has 0 aliphatic heterocycles. The zero-order valence-electron chi connectivity index (χ0n) is 15.3. The number of rotatable bonds is 4. The minimum atomic E-state index is 0.123. The smallest absolute Gasteiger partial charge is 0.168 e. The Hall–Kier alpha value is -2.79. The largest absolute Gasteiger partial charge is 0.497 e. The van der Waals surface area contributed by atoms with Gasteiger partial charge in [-0.1, -0.05) is 17.7 Å². The van der Waals surface area contributed by atoms with Crippen LogP contribution in [0.2, 0.25) is 5.02 Å². The van der Waals surface area contributed by atoms with Gasteiger partial charge in [0.2, 0.25) is 0 Å². The lowest BCUT2D eigenvalue weighted by atomic mass is 9.95. The fourth-order valence-corrected chi connectivity index (χ4v) is 3.59. The Morgan fingerprint density at radius 1 is 1.15 bits per heavy atom. The second kappa shape index (κ2) is 7.08. The van der Waals surface area contributed by atoms with E-state index in [1.165, 1.54) is 0 Å². The van der Waals surface area contributed by atoms with Crippen molar-refractivity contribution in [2.45, 2.75) is 26.2 Å². The van der Waals surface area contributed by atoms with Gasteiger partial charge in [-0.2, -0.15) is 0 Å². The highest BCUT2D eigenvalue weighted by Crippen LogP contribution is 2.33. The molecule has 1 aromatic heterocycles. The number of anilines is 2. The minimum absolute atomic E-state index is 0.123. The van der Waals surface area contributed by atoms with Crippen LogP contribution in [0.4, 0.5) is 11.5 Å². The van der Waals surface area contributed by atoms with E-state index in [-0.39, 0.29) is 5.78 Å². The molecular formula is C21H20ClN3O2. The van der Waals surface area contributed by atoms with E-state index < -0.39 is 0 Å². The first-order valence-electron chi connectivity index (χ1n) is 8.90. The van der Waals surface area contributed by atoms with Crippen LogP contribution in [0.5, 0.6) is 5.75 Å². The second-order valence-electron chi connectivity index (χ2n) is 6.59. The molecular weight excluding hydrogens is 362 g/mol. The summed E-state index contributed by atoms with van der Waals surface area (Å²) >= 11 is 6.24. The van der Waals surface area contributed by atoms with Crippen LogP contribution >= 0.6 is 11.6 Å². The molecule has 4 rings (SSSR count). The monoisotopic (exact) mass is 381 g/mol. The van der Waals surface area contributed by atoms with Crippen molar-refractivity contribution >= 4 is 28.9 Å². The maximum Gasteiger partial charge on any atom is 0.168 e. The third kappa shape index (κ3) is 3.19. The van der Waals surface area contributed by atoms with E-state index in [4.69, 9.17) is 21.4 Å². The summed E-state index contributed by atoms with van der Waals surface area (Å²) in [6.45, 7) is 1.94. The molecule has 138 valence electrons. The standard InChI is InChI=1S/C21H20ClN3O2/c1-13-16(22)5-3-6-17(13)23-21-20-18(7-4-8-19(20)26)25(24-21)14-9-11-15(27-2)12-10-14/h3,5-6,9-12H,4,7-8H2,1-2H3,(H,23,24). The predicted molar refractivity (Wildman–Crippen MR) is 107 cm³/mol. The summed E-state index contributed by atoms with van der Waals surface area (Å²) in [6, 6.07) is 13.3. The molecule has 0 atom stereocenters. The average molecular weight is 382 g/mol. The van der Waals surface area contributed by atoms with Crippen LogP contribution in [0.1, 0.15) is 34.5 Å². The molecule has 0 saturated carbocycles. The molecule has 1 heterocycles. The van der Waals surface area contributed by atoms with E-state index in [1.54, 1.807) is 7.11 Å². The molecule has 27 heavy (non-hydrogen) atoms. The van der Waals surface area contributed by atoms with Gasteiger partial charge in [0.1, 0.15) is 5.75 Å². The summed E-state index contributed by atoms with van der Waals surface area (Å²) in [5, 5.41) is 8.73.